The lowest BCUT2D eigenvalue weighted by Crippen LogP contribution is -1.95. The molecule has 1 aromatic heterocycles. The summed E-state index contributed by atoms with van der Waals surface area (Å²) < 4.78 is 0. The summed E-state index contributed by atoms with van der Waals surface area (Å²) >= 11 is 0. The lowest BCUT2D eigenvalue weighted by Gasteiger charge is -2.11. The SMILES string of the molecule is Cc1ccc(-c2cc(-c3ccccc3)nnc2-c2ccccc2)cc1. The predicted octanol–water partition coefficient (Wildman–Crippen LogP) is 5.79. The third-order valence-electron chi connectivity index (χ3n) is 4.27. The van der Waals surface area contributed by atoms with Gasteiger partial charge in [0, 0.05) is 16.7 Å². The summed E-state index contributed by atoms with van der Waals surface area (Å²) in [4.78, 5) is 0. The fraction of sp³-hybridized carbons (Fsp3) is 0.0435. The van der Waals surface area contributed by atoms with Gasteiger partial charge in [-0.25, -0.2) is 0 Å². The zero-order chi connectivity index (χ0) is 17.1. The van der Waals surface area contributed by atoms with Gasteiger partial charge in [-0.15, -0.1) is 10.2 Å². The molecule has 2 nitrogen and oxygen atoms in total. The van der Waals surface area contributed by atoms with E-state index in [4.69, 9.17) is 0 Å². The summed E-state index contributed by atoms with van der Waals surface area (Å²) in [6.07, 6.45) is 0. The Morgan fingerprint density at radius 2 is 1.16 bits per heavy atom. The Morgan fingerprint density at radius 1 is 0.560 bits per heavy atom. The highest BCUT2D eigenvalue weighted by Crippen LogP contribution is 2.32. The van der Waals surface area contributed by atoms with E-state index in [2.05, 4.69) is 71.7 Å². The van der Waals surface area contributed by atoms with Crippen LogP contribution in [-0.4, -0.2) is 10.2 Å². The van der Waals surface area contributed by atoms with Gasteiger partial charge in [0.2, 0.25) is 0 Å². The molecule has 0 aliphatic heterocycles. The second kappa shape index (κ2) is 6.70. The molecule has 0 atom stereocenters. The molecule has 2 heteroatoms. The maximum atomic E-state index is 4.57. The predicted molar refractivity (Wildman–Crippen MR) is 103 cm³/mol. The van der Waals surface area contributed by atoms with Crippen LogP contribution in [0.4, 0.5) is 0 Å². The van der Waals surface area contributed by atoms with E-state index < -0.39 is 0 Å². The van der Waals surface area contributed by atoms with Gasteiger partial charge in [0.15, 0.2) is 0 Å². The van der Waals surface area contributed by atoms with E-state index in [0.29, 0.717) is 0 Å². The molecule has 0 bridgehead atoms. The first-order valence-electron chi connectivity index (χ1n) is 8.37. The Kier molecular flexibility index (Phi) is 4.09. The Bertz CT molecular complexity index is 975. The highest BCUT2D eigenvalue weighted by Gasteiger charge is 2.12. The molecule has 0 aliphatic rings. The summed E-state index contributed by atoms with van der Waals surface area (Å²) in [7, 11) is 0. The molecule has 0 N–H and O–H groups in total. The van der Waals surface area contributed by atoms with E-state index in [1.54, 1.807) is 0 Å². The first kappa shape index (κ1) is 15.3. The van der Waals surface area contributed by atoms with Crippen molar-refractivity contribution < 1.29 is 0 Å². The Morgan fingerprint density at radius 3 is 1.80 bits per heavy atom. The summed E-state index contributed by atoms with van der Waals surface area (Å²) in [5, 5.41) is 9.05. The van der Waals surface area contributed by atoms with E-state index in [9.17, 15) is 0 Å². The number of hydrogen-bond acceptors (Lipinski definition) is 2. The molecule has 0 fully saturated rings. The van der Waals surface area contributed by atoms with Gasteiger partial charge in [0.1, 0.15) is 5.69 Å². The summed E-state index contributed by atoms with van der Waals surface area (Å²) in [6, 6.07) is 31.1. The fourth-order valence-electron chi connectivity index (χ4n) is 2.90. The molecule has 3 aromatic carbocycles. The van der Waals surface area contributed by atoms with Crippen molar-refractivity contribution in [1.29, 1.82) is 0 Å². The molecule has 4 rings (SSSR count). The fourth-order valence-corrected chi connectivity index (χ4v) is 2.90. The third kappa shape index (κ3) is 3.20. The van der Waals surface area contributed by atoms with Crippen molar-refractivity contribution in [2.75, 3.05) is 0 Å². The molecule has 0 radical (unpaired) electrons. The molecule has 120 valence electrons. The van der Waals surface area contributed by atoms with Crippen LogP contribution in [0.1, 0.15) is 5.56 Å². The van der Waals surface area contributed by atoms with Crippen LogP contribution in [0, 0.1) is 6.92 Å². The second-order valence-corrected chi connectivity index (χ2v) is 6.09. The second-order valence-electron chi connectivity index (χ2n) is 6.09. The standard InChI is InChI=1S/C23H18N2/c1-17-12-14-18(15-13-17)21-16-22(19-8-4-2-5-9-19)24-25-23(21)20-10-6-3-7-11-20/h2-16H,1H3. The first-order valence-corrected chi connectivity index (χ1v) is 8.37. The van der Waals surface area contributed by atoms with Crippen LogP contribution >= 0.6 is 0 Å². The van der Waals surface area contributed by atoms with Gasteiger partial charge in [-0.3, -0.25) is 0 Å². The first-order chi connectivity index (χ1) is 12.3. The van der Waals surface area contributed by atoms with E-state index in [1.165, 1.54) is 5.56 Å². The molecule has 0 saturated heterocycles. The van der Waals surface area contributed by atoms with Crippen molar-refractivity contribution in [3.05, 3.63) is 96.6 Å². The van der Waals surface area contributed by atoms with Crippen LogP contribution in [0.3, 0.4) is 0 Å². The van der Waals surface area contributed by atoms with Gasteiger partial charge in [0.25, 0.3) is 0 Å². The van der Waals surface area contributed by atoms with Gasteiger partial charge >= 0.3 is 0 Å². The average molecular weight is 322 g/mol. The van der Waals surface area contributed by atoms with Crippen molar-refractivity contribution in [2.45, 2.75) is 6.92 Å². The number of benzene rings is 3. The zero-order valence-electron chi connectivity index (χ0n) is 14.1. The normalized spacial score (nSPS) is 10.6. The van der Waals surface area contributed by atoms with Crippen LogP contribution in [0.25, 0.3) is 33.6 Å². The van der Waals surface area contributed by atoms with Crippen molar-refractivity contribution >= 4 is 0 Å². The summed E-state index contributed by atoms with van der Waals surface area (Å²) in [5.74, 6) is 0. The Hall–Kier alpha value is -3.26. The smallest absolute Gasteiger partial charge is 0.101 e. The van der Waals surface area contributed by atoms with Gasteiger partial charge < -0.3 is 0 Å². The average Bonchev–Trinajstić information content (AvgIpc) is 2.69. The number of nitrogens with zero attached hydrogens (tertiary/aromatic N) is 2. The number of aromatic nitrogens is 2. The third-order valence-corrected chi connectivity index (χ3v) is 4.27. The van der Waals surface area contributed by atoms with Crippen molar-refractivity contribution in [3.63, 3.8) is 0 Å². The number of aryl methyl sites for hydroxylation is 1. The lowest BCUT2D eigenvalue weighted by molar-refractivity contribution is 1.05. The monoisotopic (exact) mass is 322 g/mol. The molecule has 0 unspecified atom stereocenters. The van der Waals surface area contributed by atoms with E-state index in [1.807, 2.05) is 36.4 Å². The highest BCUT2D eigenvalue weighted by molar-refractivity contribution is 5.83. The molecule has 4 aromatic rings. The molecular formula is C23H18N2. The quantitative estimate of drug-likeness (QED) is 0.477. The number of rotatable bonds is 3. The largest absolute Gasteiger partial charge is 0.150 e. The van der Waals surface area contributed by atoms with Crippen LogP contribution in [0.5, 0.6) is 0 Å². The molecule has 1 heterocycles. The van der Waals surface area contributed by atoms with Gasteiger partial charge in [-0.2, -0.15) is 0 Å². The van der Waals surface area contributed by atoms with Crippen LogP contribution in [0.15, 0.2) is 91.0 Å². The van der Waals surface area contributed by atoms with E-state index in [-0.39, 0.29) is 0 Å². The maximum absolute atomic E-state index is 4.57. The van der Waals surface area contributed by atoms with Gasteiger partial charge in [-0.1, -0.05) is 90.5 Å². The molecule has 25 heavy (non-hydrogen) atoms. The number of hydrogen-bond donors (Lipinski definition) is 0. The van der Waals surface area contributed by atoms with E-state index in [0.717, 1.165) is 33.6 Å². The minimum atomic E-state index is 0.885. The topological polar surface area (TPSA) is 25.8 Å². The van der Waals surface area contributed by atoms with Crippen molar-refractivity contribution in [2.24, 2.45) is 0 Å². The van der Waals surface area contributed by atoms with Crippen LogP contribution in [0.2, 0.25) is 0 Å². The van der Waals surface area contributed by atoms with Gasteiger partial charge in [-0.05, 0) is 18.6 Å². The van der Waals surface area contributed by atoms with Crippen LogP contribution < -0.4 is 0 Å². The summed E-state index contributed by atoms with van der Waals surface area (Å²) in [6.45, 7) is 2.10. The summed E-state index contributed by atoms with van der Waals surface area (Å²) in [5.41, 5.74) is 7.43. The van der Waals surface area contributed by atoms with Gasteiger partial charge in [0.05, 0.1) is 5.69 Å². The molecule has 0 aliphatic carbocycles. The minimum absolute atomic E-state index is 0.885. The van der Waals surface area contributed by atoms with Crippen molar-refractivity contribution in [1.82, 2.24) is 10.2 Å². The highest BCUT2D eigenvalue weighted by atomic mass is 15.1. The Balaban J connectivity index is 1.91. The molecule has 0 saturated carbocycles. The van der Waals surface area contributed by atoms with Crippen molar-refractivity contribution in [3.8, 4) is 33.6 Å². The molecular weight excluding hydrogens is 304 g/mol. The lowest BCUT2D eigenvalue weighted by atomic mass is 9.97. The van der Waals surface area contributed by atoms with Crippen LogP contribution in [-0.2, 0) is 0 Å². The molecule has 0 amide bonds. The Labute approximate surface area is 147 Å². The minimum Gasteiger partial charge on any atom is -0.150 e. The zero-order valence-corrected chi connectivity index (χ0v) is 14.1. The molecule has 0 spiro atoms. The maximum Gasteiger partial charge on any atom is 0.101 e. The van der Waals surface area contributed by atoms with E-state index >= 15 is 0 Å².